The number of nitrogens with zero attached hydrogens (tertiary/aromatic N) is 1. The van der Waals surface area contributed by atoms with Crippen LogP contribution in [0.15, 0.2) is 77.0 Å². The van der Waals surface area contributed by atoms with Crippen LogP contribution in [0.25, 0.3) is 0 Å². The molecule has 14 heteroatoms. The topological polar surface area (TPSA) is 141 Å². The first-order chi connectivity index (χ1) is 22.1. The lowest BCUT2D eigenvalue weighted by Crippen LogP contribution is -2.27. The number of carbonyl (C=O) groups is 1. The molecule has 0 atom stereocenters. The molecule has 1 aromatic heterocycles. The molecule has 0 saturated heterocycles. The molecule has 0 saturated carbocycles. The molecular formula is C33H38ClN3O7S3. The van der Waals surface area contributed by atoms with Crippen LogP contribution in [0.4, 0.5) is 5.69 Å². The number of aromatic nitrogens is 1. The second-order valence-electron chi connectivity index (χ2n) is 11.9. The van der Waals surface area contributed by atoms with Crippen molar-refractivity contribution in [2.75, 3.05) is 30.5 Å². The van der Waals surface area contributed by atoms with E-state index in [1.807, 2.05) is 5.38 Å². The molecular weight excluding hydrogens is 682 g/mol. The molecule has 1 heterocycles. The molecule has 252 valence electrons. The molecule has 47 heavy (non-hydrogen) atoms. The van der Waals surface area contributed by atoms with Crippen LogP contribution in [0.1, 0.15) is 53.8 Å². The number of ether oxygens (including phenoxy) is 2. The predicted octanol–water partition coefficient (Wildman–Crippen LogP) is 6.26. The molecule has 0 aliphatic rings. The summed E-state index contributed by atoms with van der Waals surface area (Å²) in [7, 11) is -6.90. The number of sulfone groups is 1. The Morgan fingerprint density at radius 2 is 1.72 bits per heavy atom. The predicted molar refractivity (Wildman–Crippen MR) is 186 cm³/mol. The van der Waals surface area contributed by atoms with E-state index < -0.39 is 25.8 Å². The van der Waals surface area contributed by atoms with Gasteiger partial charge < -0.3 is 14.8 Å². The van der Waals surface area contributed by atoms with Crippen molar-refractivity contribution in [1.29, 1.82) is 0 Å². The van der Waals surface area contributed by atoms with E-state index in [1.54, 1.807) is 54.6 Å². The van der Waals surface area contributed by atoms with Crippen LogP contribution in [0.2, 0.25) is 5.02 Å². The van der Waals surface area contributed by atoms with Gasteiger partial charge in [0.25, 0.3) is 5.91 Å². The molecule has 0 spiro atoms. The number of thiazole rings is 1. The third-order valence-corrected chi connectivity index (χ3v) is 10.5. The zero-order valence-electron chi connectivity index (χ0n) is 26.6. The minimum Gasteiger partial charge on any atom is -0.490 e. The summed E-state index contributed by atoms with van der Waals surface area (Å²) < 4.78 is 62.6. The molecule has 3 aromatic carbocycles. The standard InChI is InChI=1S/C33H38ClN3O7S3/c1-33(2,3)30-22-45-31(37-30)21-44-26-9-5-8-24(20-26)32(38)36-28-19-23(10-15-29(28)43-17-16-35-46(4,39)40)7-6-18-47(41,42)27-13-11-25(34)12-14-27/h5,8-15,19-20,22,35H,6-7,16-18,21H2,1-4H3,(H,36,38). The molecule has 0 unspecified atom stereocenters. The largest absolute Gasteiger partial charge is 0.490 e. The first kappa shape index (κ1) is 36.3. The lowest BCUT2D eigenvalue weighted by Gasteiger charge is -2.15. The van der Waals surface area contributed by atoms with Gasteiger partial charge in [0.1, 0.15) is 29.7 Å². The van der Waals surface area contributed by atoms with Crippen molar-refractivity contribution >= 4 is 54.4 Å². The van der Waals surface area contributed by atoms with E-state index in [0.29, 0.717) is 40.6 Å². The van der Waals surface area contributed by atoms with Crippen molar-refractivity contribution in [3.63, 3.8) is 0 Å². The van der Waals surface area contributed by atoms with E-state index in [9.17, 15) is 21.6 Å². The van der Waals surface area contributed by atoms with Gasteiger partial charge in [-0.2, -0.15) is 0 Å². The Labute approximate surface area is 285 Å². The first-order valence-corrected chi connectivity index (χ1v) is 19.6. The number of rotatable bonds is 15. The summed E-state index contributed by atoms with van der Waals surface area (Å²) in [6.07, 6.45) is 1.81. The fourth-order valence-electron chi connectivity index (χ4n) is 4.36. The Balaban J connectivity index is 1.45. The molecule has 0 aliphatic heterocycles. The van der Waals surface area contributed by atoms with E-state index in [1.165, 1.54) is 23.5 Å². The molecule has 1 amide bonds. The quantitative estimate of drug-likeness (QED) is 0.137. The van der Waals surface area contributed by atoms with E-state index in [4.69, 9.17) is 21.1 Å². The maximum Gasteiger partial charge on any atom is 0.255 e. The number of halogens is 1. The second kappa shape index (κ2) is 15.6. The average Bonchev–Trinajstić information content (AvgIpc) is 3.49. The highest BCUT2D eigenvalue weighted by Gasteiger charge is 2.18. The van der Waals surface area contributed by atoms with Crippen LogP contribution in [-0.4, -0.2) is 52.9 Å². The monoisotopic (exact) mass is 719 g/mol. The summed E-state index contributed by atoms with van der Waals surface area (Å²) in [6, 6.07) is 18.0. The van der Waals surface area contributed by atoms with Crippen molar-refractivity contribution in [1.82, 2.24) is 9.71 Å². The molecule has 4 rings (SSSR count). The van der Waals surface area contributed by atoms with Crippen LogP contribution in [0.3, 0.4) is 0 Å². The molecule has 0 radical (unpaired) electrons. The fraction of sp³-hybridized carbons (Fsp3) is 0.333. The number of aryl methyl sites for hydroxylation is 1. The Morgan fingerprint density at radius 1 is 0.979 bits per heavy atom. The van der Waals surface area contributed by atoms with Gasteiger partial charge in [-0.1, -0.05) is 44.5 Å². The van der Waals surface area contributed by atoms with E-state index >= 15 is 0 Å². The first-order valence-electron chi connectivity index (χ1n) is 14.8. The number of carbonyl (C=O) groups excluding carboxylic acids is 1. The summed E-state index contributed by atoms with van der Waals surface area (Å²) in [4.78, 5) is 18.2. The Morgan fingerprint density at radius 3 is 2.40 bits per heavy atom. The molecule has 4 aromatic rings. The maximum atomic E-state index is 13.4. The number of benzene rings is 3. The van der Waals surface area contributed by atoms with Gasteiger partial charge in [-0.25, -0.2) is 26.5 Å². The van der Waals surface area contributed by atoms with Crippen molar-refractivity contribution < 1.29 is 31.1 Å². The highest BCUT2D eigenvalue weighted by Crippen LogP contribution is 2.29. The van der Waals surface area contributed by atoms with Gasteiger partial charge >= 0.3 is 0 Å². The van der Waals surface area contributed by atoms with Crippen molar-refractivity contribution in [2.45, 2.75) is 50.5 Å². The summed E-state index contributed by atoms with van der Waals surface area (Å²) in [5.41, 5.74) is 2.41. The maximum absolute atomic E-state index is 13.4. The van der Waals surface area contributed by atoms with Gasteiger partial charge in [-0.3, -0.25) is 4.79 Å². The van der Waals surface area contributed by atoms with Crippen LogP contribution in [0.5, 0.6) is 11.5 Å². The SMILES string of the molecule is CC(C)(C)c1csc(COc2cccc(C(=O)Nc3cc(CCCS(=O)(=O)c4ccc(Cl)cc4)ccc3OCCNS(C)(=O)=O)c2)n1. The Hall–Kier alpha value is -3.49. The van der Waals surface area contributed by atoms with E-state index in [2.05, 4.69) is 35.8 Å². The number of sulfonamides is 1. The van der Waals surface area contributed by atoms with Crippen LogP contribution < -0.4 is 19.5 Å². The fourth-order valence-corrected chi connectivity index (χ4v) is 7.18. The Kier molecular flexibility index (Phi) is 12.1. The van der Waals surface area contributed by atoms with Crippen molar-refractivity contribution in [3.8, 4) is 11.5 Å². The van der Waals surface area contributed by atoms with Gasteiger partial charge in [0.15, 0.2) is 9.84 Å². The zero-order valence-corrected chi connectivity index (χ0v) is 29.8. The number of nitrogens with one attached hydrogen (secondary N) is 2. The summed E-state index contributed by atoms with van der Waals surface area (Å²) in [5.74, 6) is 0.347. The summed E-state index contributed by atoms with van der Waals surface area (Å²) in [5, 5.41) is 6.19. The minimum atomic E-state index is -3.50. The van der Waals surface area contributed by atoms with Crippen LogP contribution in [0, 0.1) is 0 Å². The Bertz CT molecular complexity index is 1900. The number of hydrogen-bond donors (Lipinski definition) is 2. The average molecular weight is 720 g/mol. The normalized spacial score (nSPS) is 12.1. The molecule has 10 nitrogen and oxygen atoms in total. The second-order valence-corrected chi connectivity index (χ2v) is 17.2. The molecule has 0 bridgehead atoms. The number of hydrogen-bond acceptors (Lipinski definition) is 9. The zero-order chi connectivity index (χ0) is 34.2. The third kappa shape index (κ3) is 11.3. The molecule has 0 fully saturated rings. The number of amides is 1. The van der Waals surface area contributed by atoms with Gasteiger partial charge in [-0.05, 0) is 73.0 Å². The lowest BCUT2D eigenvalue weighted by molar-refractivity contribution is 0.102. The summed E-state index contributed by atoms with van der Waals surface area (Å²) in [6.45, 7) is 6.61. The van der Waals surface area contributed by atoms with Crippen molar-refractivity contribution in [2.24, 2.45) is 0 Å². The smallest absolute Gasteiger partial charge is 0.255 e. The van der Waals surface area contributed by atoms with Crippen molar-refractivity contribution in [3.05, 3.63) is 99.0 Å². The van der Waals surface area contributed by atoms with E-state index in [-0.39, 0.29) is 35.8 Å². The minimum absolute atomic E-state index is 0.0195. The highest BCUT2D eigenvalue weighted by molar-refractivity contribution is 7.91. The van der Waals surface area contributed by atoms with Crippen LogP contribution >= 0.6 is 22.9 Å². The van der Waals surface area contributed by atoms with Gasteiger partial charge in [0.05, 0.1) is 28.3 Å². The summed E-state index contributed by atoms with van der Waals surface area (Å²) >= 11 is 7.41. The van der Waals surface area contributed by atoms with Gasteiger partial charge in [-0.15, -0.1) is 11.3 Å². The molecule has 0 aliphatic carbocycles. The highest BCUT2D eigenvalue weighted by atomic mass is 35.5. The van der Waals surface area contributed by atoms with Crippen LogP contribution in [-0.2, 0) is 38.3 Å². The van der Waals surface area contributed by atoms with Gasteiger partial charge in [0, 0.05) is 27.9 Å². The molecule has 2 N–H and O–H groups in total. The number of anilines is 1. The van der Waals surface area contributed by atoms with E-state index in [0.717, 1.165) is 22.5 Å². The third-order valence-electron chi connectivity index (χ3n) is 6.85. The van der Waals surface area contributed by atoms with Gasteiger partial charge in [0.2, 0.25) is 10.0 Å². The lowest BCUT2D eigenvalue weighted by atomic mass is 9.93.